The van der Waals surface area contributed by atoms with Gasteiger partial charge in [-0.2, -0.15) is 0 Å². The number of esters is 1. The third-order valence-corrected chi connectivity index (χ3v) is 5.03. The number of rotatable bonds is 8. The molecule has 1 N–H and O–H groups in total. The van der Waals surface area contributed by atoms with Crippen molar-refractivity contribution in [2.75, 3.05) is 20.3 Å². The Bertz CT molecular complexity index is 815. The van der Waals surface area contributed by atoms with Crippen LogP contribution in [0.15, 0.2) is 48.5 Å². The third kappa shape index (κ3) is 4.61. The lowest BCUT2D eigenvalue weighted by Gasteiger charge is -2.15. The van der Waals surface area contributed by atoms with Crippen molar-refractivity contribution < 1.29 is 19.1 Å². The van der Waals surface area contributed by atoms with E-state index in [1.54, 1.807) is 19.2 Å². The van der Waals surface area contributed by atoms with Gasteiger partial charge in [0.05, 0.1) is 12.5 Å². The SMILES string of the molecule is COc1ccccc1CCNC(=O)COC(=O)C1(c2ccc(Cl)cc2)CC1. The summed E-state index contributed by atoms with van der Waals surface area (Å²) in [6.45, 7) is 0.166. The average Bonchev–Trinajstić information content (AvgIpc) is 3.49. The zero-order chi connectivity index (χ0) is 19.3. The minimum atomic E-state index is -0.623. The van der Waals surface area contributed by atoms with Crippen LogP contribution in [-0.2, 0) is 26.2 Å². The van der Waals surface area contributed by atoms with Gasteiger partial charge in [-0.25, -0.2) is 0 Å². The van der Waals surface area contributed by atoms with Crippen LogP contribution in [0, 0.1) is 0 Å². The second kappa shape index (κ2) is 8.44. The summed E-state index contributed by atoms with van der Waals surface area (Å²) in [7, 11) is 1.62. The molecule has 5 nitrogen and oxygen atoms in total. The summed E-state index contributed by atoms with van der Waals surface area (Å²) < 4.78 is 10.5. The second-order valence-corrected chi connectivity index (χ2v) is 7.01. The lowest BCUT2D eigenvalue weighted by atomic mass is 9.96. The molecule has 0 spiro atoms. The van der Waals surface area contributed by atoms with Crippen LogP contribution in [0.1, 0.15) is 24.0 Å². The Balaban J connectivity index is 1.45. The smallest absolute Gasteiger partial charge is 0.317 e. The number of carbonyl (C=O) groups excluding carboxylic acids is 2. The number of methoxy groups -OCH3 is 1. The summed E-state index contributed by atoms with van der Waals surface area (Å²) >= 11 is 5.90. The van der Waals surface area contributed by atoms with Gasteiger partial charge in [0.15, 0.2) is 6.61 Å². The molecule has 0 bridgehead atoms. The van der Waals surface area contributed by atoms with Gasteiger partial charge in [-0.15, -0.1) is 0 Å². The fraction of sp³-hybridized carbons (Fsp3) is 0.333. The Labute approximate surface area is 163 Å². The van der Waals surface area contributed by atoms with Crippen LogP contribution in [-0.4, -0.2) is 32.1 Å². The van der Waals surface area contributed by atoms with E-state index in [1.165, 1.54) is 0 Å². The number of para-hydroxylation sites is 1. The third-order valence-electron chi connectivity index (χ3n) is 4.78. The van der Waals surface area contributed by atoms with Crippen molar-refractivity contribution in [3.63, 3.8) is 0 Å². The van der Waals surface area contributed by atoms with E-state index in [0.717, 1.165) is 29.7 Å². The first-order valence-electron chi connectivity index (χ1n) is 8.87. The predicted molar refractivity (Wildman–Crippen MR) is 103 cm³/mol. The molecular weight excluding hydrogens is 366 g/mol. The molecule has 142 valence electrons. The van der Waals surface area contributed by atoms with Crippen LogP contribution < -0.4 is 10.1 Å². The van der Waals surface area contributed by atoms with Crippen LogP contribution in [0.3, 0.4) is 0 Å². The Morgan fingerprint density at radius 1 is 1.11 bits per heavy atom. The van der Waals surface area contributed by atoms with E-state index in [9.17, 15) is 9.59 Å². The van der Waals surface area contributed by atoms with Gasteiger partial charge >= 0.3 is 5.97 Å². The summed E-state index contributed by atoms with van der Waals surface area (Å²) in [4.78, 5) is 24.4. The van der Waals surface area contributed by atoms with Crippen molar-refractivity contribution in [2.45, 2.75) is 24.7 Å². The van der Waals surface area contributed by atoms with Gasteiger partial charge in [0.25, 0.3) is 5.91 Å². The van der Waals surface area contributed by atoms with Crippen LogP contribution >= 0.6 is 11.6 Å². The van der Waals surface area contributed by atoms with Crippen molar-refractivity contribution in [2.24, 2.45) is 0 Å². The molecule has 27 heavy (non-hydrogen) atoms. The van der Waals surface area contributed by atoms with Crippen molar-refractivity contribution >= 4 is 23.5 Å². The van der Waals surface area contributed by atoms with Gasteiger partial charge in [-0.05, 0) is 48.6 Å². The van der Waals surface area contributed by atoms with E-state index < -0.39 is 5.41 Å². The van der Waals surface area contributed by atoms with Gasteiger partial charge in [-0.3, -0.25) is 9.59 Å². The van der Waals surface area contributed by atoms with E-state index in [1.807, 2.05) is 36.4 Å². The van der Waals surface area contributed by atoms with E-state index >= 15 is 0 Å². The van der Waals surface area contributed by atoms with Crippen LogP contribution in [0.5, 0.6) is 5.75 Å². The maximum atomic E-state index is 12.4. The number of hydrogen-bond donors (Lipinski definition) is 1. The average molecular weight is 388 g/mol. The molecule has 2 aromatic carbocycles. The highest BCUT2D eigenvalue weighted by Gasteiger charge is 2.52. The Hall–Kier alpha value is -2.53. The largest absolute Gasteiger partial charge is 0.496 e. The first-order chi connectivity index (χ1) is 13.0. The molecule has 2 aromatic rings. The van der Waals surface area contributed by atoms with E-state index in [0.29, 0.717) is 18.0 Å². The highest BCUT2D eigenvalue weighted by molar-refractivity contribution is 6.30. The minimum Gasteiger partial charge on any atom is -0.496 e. The van der Waals surface area contributed by atoms with E-state index in [4.69, 9.17) is 21.1 Å². The lowest BCUT2D eigenvalue weighted by Crippen LogP contribution is -2.33. The molecular formula is C21H22ClNO4. The molecule has 6 heteroatoms. The number of halogens is 1. The van der Waals surface area contributed by atoms with Gasteiger partial charge < -0.3 is 14.8 Å². The molecule has 1 aliphatic rings. The predicted octanol–water partition coefficient (Wildman–Crippen LogP) is 3.28. The van der Waals surface area contributed by atoms with Gasteiger partial charge in [0, 0.05) is 11.6 Å². The van der Waals surface area contributed by atoms with Crippen LogP contribution in [0.4, 0.5) is 0 Å². The second-order valence-electron chi connectivity index (χ2n) is 6.58. The topological polar surface area (TPSA) is 64.6 Å². The Morgan fingerprint density at radius 3 is 2.48 bits per heavy atom. The zero-order valence-electron chi connectivity index (χ0n) is 15.2. The zero-order valence-corrected chi connectivity index (χ0v) is 15.9. The number of amides is 1. The number of ether oxygens (including phenoxy) is 2. The first kappa shape index (κ1) is 19.2. The monoisotopic (exact) mass is 387 g/mol. The Kier molecular flexibility index (Phi) is 6.01. The van der Waals surface area contributed by atoms with Crippen LogP contribution in [0.2, 0.25) is 5.02 Å². The molecule has 3 rings (SSSR count). The van der Waals surface area contributed by atoms with E-state index in [2.05, 4.69) is 5.32 Å². The molecule has 1 fully saturated rings. The summed E-state index contributed by atoms with van der Waals surface area (Å²) in [5, 5.41) is 3.39. The highest BCUT2D eigenvalue weighted by Crippen LogP contribution is 2.49. The maximum absolute atomic E-state index is 12.4. The normalized spacial score (nSPS) is 14.3. The molecule has 0 aliphatic heterocycles. The van der Waals surface area contributed by atoms with Gasteiger partial charge in [0.2, 0.25) is 0 Å². The quantitative estimate of drug-likeness (QED) is 0.706. The van der Waals surface area contributed by atoms with Crippen molar-refractivity contribution in [1.82, 2.24) is 5.32 Å². The van der Waals surface area contributed by atoms with Crippen molar-refractivity contribution in [3.05, 3.63) is 64.7 Å². The van der Waals surface area contributed by atoms with Crippen LogP contribution in [0.25, 0.3) is 0 Å². The Morgan fingerprint density at radius 2 is 1.81 bits per heavy atom. The molecule has 0 atom stereocenters. The molecule has 1 aliphatic carbocycles. The molecule has 0 heterocycles. The van der Waals surface area contributed by atoms with Gasteiger partial charge in [-0.1, -0.05) is 41.9 Å². The highest BCUT2D eigenvalue weighted by atomic mass is 35.5. The maximum Gasteiger partial charge on any atom is 0.317 e. The molecule has 0 aromatic heterocycles. The summed E-state index contributed by atoms with van der Waals surface area (Å²) in [5.74, 6) is 0.117. The first-order valence-corrected chi connectivity index (χ1v) is 9.25. The summed E-state index contributed by atoms with van der Waals surface area (Å²) in [5.41, 5.74) is 1.27. The summed E-state index contributed by atoms with van der Waals surface area (Å²) in [6.07, 6.45) is 2.09. The number of hydrogen-bond acceptors (Lipinski definition) is 4. The standard InChI is InChI=1S/C21H22ClNO4/c1-26-18-5-3-2-4-15(18)10-13-23-19(24)14-27-20(25)21(11-12-21)16-6-8-17(22)9-7-16/h2-9H,10-14H2,1H3,(H,23,24). The van der Waals surface area contributed by atoms with Gasteiger partial charge in [0.1, 0.15) is 5.75 Å². The van der Waals surface area contributed by atoms with Crippen molar-refractivity contribution in [1.29, 1.82) is 0 Å². The van der Waals surface area contributed by atoms with Crippen molar-refractivity contribution in [3.8, 4) is 5.75 Å². The van der Waals surface area contributed by atoms with E-state index in [-0.39, 0.29) is 18.5 Å². The fourth-order valence-corrected chi connectivity index (χ4v) is 3.20. The summed E-state index contributed by atoms with van der Waals surface area (Å²) in [6, 6.07) is 14.8. The number of nitrogens with one attached hydrogen (secondary N) is 1. The lowest BCUT2D eigenvalue weighted by molar-refractivity contribution is -0.151. The molecule has 0 radical (unpaired) electrons. The number of benzene rings is 2. The fourth-order valence-electron chi connectivity index (χ4n) is 3.07. The molecule has 1 saturated carbocycles. The number of carbonyl (C=O) groups is 2. The minimum absolute atomic E-state index is 0.278. The molecule has 0 saturated heterocycles. The molecule has 0 unspecified atom stereocenters. The molecule has 1 amide bonds.